The van der Waals surface area contributed by atoms with Gasteiger partial charge in [0.05, 0.1) is 6.42 Å². The summed E-state index contributed by atoms with van der Waals surface area (Å²) in [4.78, 5) is 25.0. The number of amides is 2. The monoisotopic (exact) mass is 289 g/mol. The molecule has 6 heteroatoms. The summed E-state index contributed by atoms with van der Waals surface area (Å²) in [6.45, 7) is 2.69. The minimum Gasteiger partial charge on any atom is -0.481 e. The van der Waals surface area contributed by atoms with Crippen molar-refractivity contribution in [3.05, 3.63) is 35.5 Å². The van der Waals surface area contributed by atoms with Crippen LogP contribution in [0.15, 0.2) is 24.4 Å². The molecule has 1 aromatic heterocycles. The number of fused-ring (bicyclic) bond motifs is 1. The van der Waals surface area contributed by atoms with E-state index in [9.17, 15) is 9.59 Å². The van der Waals surface area contributed by atoms with Gasteiger partial charge in [-0.25, -0.2) is 4.79 Å². The number of carboxylic acid groups (broad SMARTS) is 1. The van der Waals surface area contributed by atoms with Gasteiger partial charge < -0.3 is 20.7 Å². The van der Waals surface area contributed by atoms with E-state index in [1.807, 2.05) is 18.3 Å². The number of benzene rings is 1. The van der Waals surface area contributed by atoms with E-state index in [-0.39, 0.29) is 19.0 Å². The highest BCUT2D eigenvalue weighted by molar-refractivity contribution is 5.86. The first-order valence-corrected chi connectivity index (χ1v) is 6.87. The second-order valence-corrected chi connectivity index (χ2v) is 4.89. The second kappa shape index (κ2) is 6.78. The van der Waals surface area contributed by atoms with Crippen LogP contribution < -0.4 is 10.6 Å². The van der Waals surface area contributed by atoms with Crippen LogP contribution in [-0.4, -0.2) is 35.2 Å². The number of H-pyrrole nitrogens is 1. The lowest BCUT2D eigenvalue weighted by molar-refractivity contribution is -0.136. The van der Waals surface area contributed by atoms with Gasteiger partial charge in [-0.1, -0.05) is 12.1 Å². The molecule has 0 aliphatic heterocycles. The van der Waals surface area contributed by atoms with Crippen LogP contribution in [0.5, 0.6) is 0 Å². The first kappa shape index (κ1) is 14.9. The number of aliphatic carboxylic acids is 1. The Bertz CT molecular complexity index is 649. The van der Waals surface area contributed by atoms with Gasteiger partial charge in [0, 0.05) is 30.2 Å². The van der Waals surface area contributed by atoms with Gasteiger partial charge in [0.2, 0.25) is 0 Å². The number of urea groups is 1. The predicted molar refractivity (Wildman–Crippen MR) is 80.4 cm³/mol. The average Bonchev–Trinajstić information content (AvgIpc) is 2.83. The molecule has 0 aliphatic carbocycles. The van der Waals surface area contributed by atoms with Gasteiger partial charge in [-0.15, -0.1) is 0 Å². The number of carbonyl (C=O) groups excluding carboxylic acids is 1. The van der Waals surface area contributed by atoms with Crippen molar-refractivity contribution in [2.45, 2.75) is 19.8 Å². The van der Waals surface area contributed by atoms with Crippen molar-refractivity contribution < 1.29 is 14.7 Å². The minimum atomic E-state index is -0.926. The Balaban J connectivity index is 1.83. The molecule has 0 aliphatic rings. The summed E-state index contributed by atoms with van der Waals surface area (Å²) in [5.74, 6) is -0.926. The summed E-state index contributed by atoms with van der Waals surface area (Å²) in [6.07, 6.45) is 2.61. The van der Waals surface area contributed by atoms with Crippen LogP contribution in [0.4, 0.5) is 4.79 Å². The molecule has 112 valence electrons. The molecule has 0 bridgehead atoms. The number of hydrogen-bond donors (Lipinski definition) is 4. The Morgan fingerprint density at radius 2 is 2.00 bits per heavy atom. The van der Waals surface area contributed by atoms with Crippen LogP contribution in [0.2, 0.25) is 0 Å². The lowest BCUT2D eigenvalue weighted by Crippen LogP contribution is -2.37. The van der Waals surface area contributed by atoms with Gasteiger partial charge in [0.1, 0.15) is 0 Å². The fourth-order valence-corrected chi connectivity index (χ4v) is 2.30. The van der Waals surface area contributed by atoms with Crippen molar-refractivity contribution in [3.8, 4) is 0 Å². The molecule has 0 spiro atoms. The average molecular weight is 289 g/mol. The minimum absolute atomic E-state index is 0.0743. The van der Waals surface area contributed by atoms with Gasteiger partial charge in [0.15, 0.2) is 0 Å². The van der Waals surface area contributed by atoms with Crippen LogP contribution in [0.25, 0.3) is 10.9 Å². The Kier molecular flexibility index (Phi) is 4.81. The molecule has 0 saturated carbocycles. The zero-order valence-corrected chi connectivity index (χ0v) is 11.9. The standard InChI is InChI=1S/C15H19N3O3/c1-10-3-2-4-12-14(10)11(9-18-12)5-7-16-15(21)17-8-6-13(19)20/h2-4,9,18H,5-8H2,1H3,(H,19,20)(H2,16,17,21). The number of nitrogens with one attached hydrogen (secondary N) is 3. The van der Waals surface area contributed by atoms with Crippen molar-refractivity contribution in [3.63, 3.8) is 0 Å². The molecular formula is C15H19N3O3. The van der Waals surface area contributed by atoms with Crippen molar-refractivity contribution in [2.75, 3.05) is 13.1 Å². The molecule has 2 rings (SSSR count). The Morgan fingerprint density at radius 1 is 1.24 bits per heavy atom. The van der Waals surface area contributed by atoms with Crippen LogP contribution in [-0.2, 0) is 11.2 Å². The van der Waals surface area contributed by atoms with Gasteiger partial charge in [-0.3, -0.25) is 4.79 Å². The lowest BCUT2D eigenvalue weighted by atomic mass is 10.1. The normalized spacial score (nSPS) is 10.5. The van der Waals surface area contributed by atoms with Crippen LogP contribution in [0.1, 0.15) is 17.5 Å². The van der Waals surface area contributed by atoms with Crippen LogP contribution in [0.3, 0.4) is 0 Å². The number of aromatic nitrogens is 1. The SMILES string of the molecule is Cc1cccc2[nH]cc(CCNC(=O)NCCC(=O)O)c12. The van der Waals surface area contributed by atoms with Crippen molar-refractivity contribution >= 4 is 22.9 Å². The number of aromatic amines is 1. The smallest absolute Gasteiger partial charge is 0.314 e. The quantitative estimate of drug-likeness (QED) is 0.653. The van der Waals surface area contributed by atoms with Crippen molar-refractivity contribution in [1.29, 1.82) is 0 Å². The lowest BCUT2D eigenvalue weighted by Gasteiger charge is -2.06. The maximum Gasteiger partial charge on any atom is 0.314 e. The molecule has 0 radical (unpaired) electrons. The van der Waals surface area contributed by atoms with E-state index in [2.05, 4.69) is 28.6 Å². The molecule has 6 nitrogen and oxygen atoms in total. The maximum atomic E-state index is 11.5. The summed E-state index contributed by atoms with van der Waals surface area (Å²) >= 11 is 0. The topological polar surface area (TPSA) is 94.2 Å². The van der Waals surface area contributed by atoms with E-state index in [1.54, 1.807) is 0 Å². The first-order valence-electron chi connectivity index (χ1n) is 6.87. The van der Waals surface area contributed by atoms with E-state index < -0.39 is 5.97 Å². The second-order valence-electron chi connectivity index (χ2n) is 4.89. The molecule has 1 aromatic carbocycles. The molecule has 2 aromatic rings. The van der Waals surface area contributed by atoms with Crippen molar-refractivity contribution in [1.82, 2.24) is 15.6 Å². The highest BCUT2D eigenvalue weighted by atomic mass is 16.4. The zero-order chi connectivity index (χ0) is 15.2. The van der Waals surface area contributed by atoms with E-state index >= 15 is 0 Å². The number of carboxylic acids is 1. The number of rotatable bonds is 6. The largest absolute Gasteiger partial charge is 0.481 e. The third kappa shape index (κ3) is 3.98. The number of hydrogen-bond acceptors (Lipinski definition) is 2. The molecule has 1 heterocycles. The van der Waals surface area contributed by atoms with Gasteiger partial charge in [0.25, 0.3) is 0 Å². The van der Waals surface area contributed by atoms with E-state index in [1.165, 1.54) is 10.9 Å². The Hall–Kier alpha value is -2.50. The van der Waals surface area contributed by atoms with Gasteiger partial charge in [-0.05, 0) is 30.5 Å². The van der Waals surface area contributed by atoms with Crippen LogP contribution in [0, 0.1) is 6.92 Å². The summed E-state index contributed by atoms with van der Waals surface area (Å²) in [5, 5.41) is 14.9. The Morgan fingerprint density at radius 3 is 2.76 bits per heavy atom. The van der Waals surface area contributed by atoms with Gasteiger partial charge >= 0.3 is 12.0 Å². The maximum absolute atomic E-state index is 11.5. The summed E-state index contributed by atoms with van der Waals surface area (Å²) in [7, 11) is 0. The molecule has 0 fully saturated rings. The molecule has 0 atom stereocenters. The molecule has 0 unspecified atom stereocenters. The third-order valence-corrected chi connectivity index (χ3v) is 3.30. The molecular weight excluding hydrogens is 270 g/mol. The summed E-state index contributed by atoms with van der Waals surface area (Å²) in [5.41, 5.74) is 3.46. The third-order valence-electron chi connectivity index (χ3n) is 3.30. The van der Waals surface area contributed by atoms with Crippen molar-refractivity contribution in [2.24, 2.45) is 0 Å². The predicted octanol–water partition coefficient (Wildman–Crippen LogP) is 1.79. The highest BCUT2D eigenvalue weighted by Gasteiger charge is 2.07. The van der Waals surface area contributed by atoms with Crippen LogP contribution >= 0.6 is 0 Å². The number of carbonyl (C=O) groups is 2. The van der Waals surface area contributed by atoms with E-state index in [0.717, 1.165) is 17.5 Å². The van der Waals surface area contributed by atoms with E-state index in [4.69, 9.17) is 5.11 Å². The summed E-state index contributed by atoms with van der Waals surface area (Å²) in [6, 6.07) is 5.75. The first-order chi connectivity index (χ1) is 10.1. The molecule has 0 saturated heterocycles. The van der Waals surface area contributed by atoms with Gasteiger partial charge in [-0.2, -0.15) is 0 Å². The Labute approximate surface area is 122 Å². The fourth-order valence-electron chi connectivity index (χ4n) is 2.30. The highest BCUT2D eigenvalue weighted by Crippen LogP contribution is 2.22. The molecule has 21 heavy (non-hydrogen) atoms. The van der Waals surface area contributed by atoms with E-state index in [0.29, 0.717) is 6.54 Å². The zero-order valence-electron chi connectivity index (χ0n) is 11.9. The molecule has 2 amide bonds. The molecule has 4 N–H and O–H groups in total. The fraction of sp³-hybridized carbons (Fsp3) is 0.333. The number of aryl methyl sites for hydroxylation is 1. The summed E-state index contributed by atoms with van der Waals surface area (Å²) < 4.78 is 0.